The molecule has 0 bridgehead atoms. The molecule has 2 aromatic rings. The van der Waals surface area contributed by atoms with Crippen LogP contribution in [0.4, 0.5) is 14.5 Å². The number of thiol groups is 1. The van der Waals surface area contributed by atoms with E-state index < -0.39 is 17.5 Å². The molecule has 0 aliphatic carbocycles. The lowest BCUT2D eigenvalue weighted by molar-refractivity contribution is 0.102. The second kappa shape index (κ2) is 5.71. The molecule has 6 heteroatoms. The van der Waals surface area contributed by atoms with Crippen LogP contribution < -0.4 is 5.32 Å². The maximum absolute atomic E-state index is 13.5. The standard InChI is InChI=1S/C13H8BrF2NOS/c14-9-5-11(16)12(6-10(9)15)17-13(18)7-1-3-8(19)4-2-7/h1-6,19H,(H,17,18). The fraction of sp³-hybridized carbons (Fsp3) is 0. The summed E-state index contributed by atoms with van der Waals surface area (Å²) in [5.74, 6) is -1.89. The van der Waals surface area contributed by atoms with Gasteiger partial charge in [0.2, 0.25) is 0 Å². The number of anilines is 1. The Bertz CT molecular complexity index is 631. The summed E-state index contributed by atoms with van der Waals surface area (Å²) in [5, 5.41) is 2.31. The third-order valence-corrected chi connectivity index (χ3v) is 3.29. The number of hydrogen-bond acceptors (Lipinski definition) is 2. The van der Waals surface area contributed by atoms with E-state index in [0.29, 0.717) is 10.5 Å². The molecule has 0 spiro atoms. The highest BCUT2D eigenvalue weighted by molar-refractivity contribution is 9.10. The fourth-order valence-corrected chi connectivity index (χ4v) is 1.89. The van der Waals surface area contributed by atoms with E-state index in [-0.39, 0.29) is 10.2 Å². The average molecular weight is 344 g/mol. The van der Waals surface area contributed by atoms with Crippen LogP contribution in [0.1, 0.15) is 10.4 Å². The predicted octanol–water partition coefficient (Wildman–Crippen LogP) is 4.27. The minimum atomic E-state index is -0.715. The number of nitrogens with one attached hydrogen (secondary N) is 1. The lowest BCUT2D eigenvalue weighted by Gasteiger charge is -2.07. The monoisotopic (exact) mass is 343 g/mol. The summed E-state index contributed by atoms with van der Waals surface area (Å²) < 4.78 is 26.8. The maximum atomic E-state index is 13.5. The van der Waals surface area contributed by atoms with Crippen LogP contribution in [-0.2, 0) is 0 Å². The predicted molar refractivity (Wildman–Crippen MR) is 75.7 cm³/mol. The van der Waals surface area contributed by atoms with Crippen LogP contribution in [0.3, 0.4) is 0 Å². The summed E-state index contributed by atoms with van der Waals surface area (Å²) in [6.45, 7) is 0. The number of amides is 1. The molecule has 0 radical (unpaired) electrons. The van der Waals surface area contributed by atoms with Crippen molar-refractivity contribution in [2.24, 2.45) is 0 Å². The number of hydrogen-bond donors (Lipinski definition) is 2. The molecule has 2 nitrogen and oxygen atoms in total. The smallest absolute Gasteiger partial charge is 0.255 e. The zero-order chi connectivity index (χ0) is 14.0. The van der Waals surface area contributed by atoms with Crippen molar-refractivity contribution in [2.75, 3.05) is 5.32 Å². The van der Waals surface area contributed by atoms with Gasteiger partial charge < -0.3 is 5.32 Å². The van der Waals surface area contributed by atoms with E-state index in [0.717, 1.165) is 12.1 Å². The third-order valence-electron chi connectivity index (χ3n) is 2.39. The first-order chi connectivity index (χ1) is 8.97. The molecule has 19 heavy (non-hydrogen) atoms. The van der Waals surface area contributed by atoms with Crippen molar-refractivity contribution >= 4 is 40.2 Å². The van der Waals surface area contributed by atoms with Gasteiger partial charge in [-0.2, -0.15) is 0 Å². The molecular formula is C13H8BrF2NOS. The summed E-state index contributed by atoms with van der Waals surface area (Å²) >= 11 is 6.96. The first-order valence-electron chi connectivity index (χ1n) is 5.22. The largest absolute Gasteiger partial charge is 0.319 e. The molecule has 0 saturated carbocycles. The zero-order valence-corrected chi connectivity index (χ0v) is 11.9. The first-order valence-corrected chi connectivity index (χ1v) is 6.46. The number of carbonyl (C=O) groups is 1. The second-order valence-corrected chi connectivity index (χ2v) is 5.12. The van der Waals surface area contributed by atoms with Gasteiger partial charge in [-0.25, -0.2) is 8.78 Å². The van der Waals surface area contributed by atoms with Crippen molar-refractivity contribution in [3.05, 3.63) is 58.1 Å². The first kappa shape index (κ1) is 14.0. The van der Waals surface area contributed by atoms with Gasteiger partial charge >= 0.3 is 0 Å². The normalized spacial score (nSPS) is 10.3. The Kier molecular flexibility index (Phi) is 4.21. The molecule has 2 aromatic carbocycles. The van der Waals surface area contributed by atoms with E-state index in [1.807, 2.05) is 0 Å². The molecule has 0 heterocycles. The number of halogens is 3. The molecule has 0 unspecified atom stereocenters. The van der Waals surface area contributed by atoms with Gasteiger partial charge in [-0.15, -0.1) is 12.6 Å². The summed E-state index contributed by atoms with van der Waals surface area (Å²) in [5.41, 5.74) is 0.126. The Morgan fingerprint density at radius 1 is 1.11 bits per heavy atom. The second-order valence-electron chi connectivity index (χ2n) is 3.75. The van der Waals surface area contributed by atoms with Crippen molar-refractivity contribution < 1.29 is 13.6 Å². The molecule has 0 fully saturated rings. The van der Waals surface area contributed by atoms with E-state index in [4.69, 9.17) is 0 Å². The van der Waals surface area contributed by atoms with Gasteiger partial charge in [-0.1, -0.05) is 0 Å². The molecule has 0 aliphatic heterocycles. The van der Waals surface area contributed by atoms with Gasteiger partial charge in [0, 0.05) is 16.5 Å². The van der Waals surface area contributed by atoms with Crippen molar-refractivity contribution in [1.29, 1.82) is 0 Å². The minimum absolute atomic E-state index is 0.00225. The lowest BCUT2D eigenvalue weighted by atomic mass is 10.2. The highest BCUT2D eigenvalue weighted by Gasteiger charge is 2.12. The molecule has 98 valence electrons. The van der Waals surface area contributed by atoms with Crippen LogP contribution in [0.25, 0.3) is 0 Å². The van der Waals surface area contributed by atoms with Crippen molar-refractivity contribution in [3.8, 4) is 0 Å². The van der Waals surface area contributed by atoms with E-state index in [1.54, 1.807) is 24.3 Å². The topological polar surface area (TPSA) is 29.1 Å². The SMILES string of the molecule is O=C(Nc1cc(F)c(Br)cc1F)c1ccc(S)cc1. The van der Waals surface area contributed by atoms with Crippen molar-refractivity contribution in [3.63, 3.8) is 0 Å². The molecule has 1 N–H and O–H groups in total. The van der Waals surface area contributed by atoms with Gasteiger partial charge in [0.05, 0.1) is 10.2 Å². The van der Waals surface area contributed by atoms with Crippen LogP contribution in [0.2, 0.25) is 0 Å². The number of carbonyl (C=O) groups excluding carboxylic acids is 1. The zero-order valence-electron chi connectivity index (χ0n) is 9.45. The van der Waals surface area contributed by atoms with E-state index >= 15 is 0 Å². The molecule has 0 saturated heterocycles. The molecular weight excluding hydrogens is 336 g/mol. The van der Waals surface area contributed by atoms with Crippen LogP contribution in [0, 0.1) is 11.6 Å². The summed E-state index contributed by atoms with van der Waals surface area (Å²) in [4.78, 5) is 12.5. The highest BCUT2D eigenvalue weighted by atomic mass is 79.9. The van der Waals surface area contributed by atoms with Crippen molar-refractivity contribution in [1.82, 2.24) is 0 Å². The number of rotatable bonds is 2. The van der Waals surface area contributed by atoms with Gasteiger partial charge in [0.25, 0.3) is 5.91 Å². The minimum Gasteiger partial charge on any atom is -0.319 e. The molecule has 1 amide bonds. The maximum Gasteiger partial charge on any atom is 0.255 e. The van der Waals surface area contributed by atoms with Gasteiger partial charge in [-0.3, -0.25) is 4.79 Å². The van der Waals surface area contributed by atoms with Gasteiger partial charge in [0.15, 0.2) is 0 Å². The molecule has 2 rings (SSSR count). The Labute approximate surface area is 122 Å². The summed E-state index contributed by atoms with van der Waals surface area (Å²) in [7, 11) is 0. The highest BCUT2D eigenvalue weighted by Crippen LogP contribution is 2.23. The quantitative estimate of drug-likeness (QED) is 0.618. The Hall–Kier alpha value is -1.40. The van der Waals surface area contributed by atoms with Crippen LogP contribution in [-0.4, -0.2) is 5.91 Å². The molecule has 0 atom stereocenters. The molecule has 0 aliphatic rings. The Morgan fingerprint density at radius 2 is 1.74 bits per heavy atom. The average Bonchev–Trinajstić information content (AvgIpc) is 2.36. The summed E-state index contributed by atoms with van der Waals surface area (Å²) in [6, 6.07) is 8.24. The van der Waals surface area contributed by atoms with E-state index in [1.165, 1.54) is 0 Å². The van der Waals surface area contributed by atoms with Crippen LogP contribution in [0.15, 0.2) is 45.8 Å². The summed E-state index contributed by atoms with van der Waals surface area (Å²) in [6.07, 6.45) is 0. The van der Waals surface area contributed by atoms with Gasteiger partial charge in [0.1, 0.15) is 11.6 Å². The molecule has 0 aromatic heterocycles. The van der Waals surface area contributed by atoms with Crippen molar-refractivity contribution in [2.45, 2.75) is 4.90 Å². The third kappa shape index (κ3) is 3.33. The van der Waals surface area contributed by atoms with Crippen LogP contribution >= 0.6 is 28.6 Å². The number of benzene rings is 2. The Balaban J connectivity index is 2.24. The Morgan fingerprint density at radius 3 is 2.37 bits per heavy atom. The van der Waals surface area contributed by atoms with E-state index in [2.05, 4.69) is 33.9 Å². The van der Waals surface area contributed by atoms with Crippen LogP contribution in [0.5, 0.6) is 0 Å². The van der Waals surface area contributed by atoms with Gasteiger partial charge in [-0.05, 0) is 46.3 Å². The van der Waals surface area contributed by atoms with E-state index in [9.17, 15) is 13.6 Å². The fourth-order valence-electron chi connectivity index (χ4n) is 1.43. The lowest BCUT2D eigenvalue weighted by Crippen LogP contribution is -2.13.